The number of aromatic amines is 1. The lowest BCUT2D eigenvalue weighted by Gasteiger charge is -1.97. The van der Waals surface area contributed by atoms with Crippen LogP contribution < -0.4 is 0 Å². The number of benzene rings is 1. The predicted octanol–water partition coefficient (Wildman–Crippen LogP) is 1.79. The molecule has 1 heterocycles. The number of halogens is 1. The maximum Gasteiger partial charge on any atom is 0.337 e. The molecule has 0 bridgehead atoms. The number of nitrogens with zero attached hydrogens (tertiary/aromatic N) is 2. The van der Waals surface area contributed by atoms with E-state index in [1.807, 2.05) is 0 Å². The van der Waals surface area contributed by atoms with Gasteiger partial charge in [0.25, 0.3) is 0 Å². The van der Waals surface area contributed by atoms with Gasteiger partial charge in [-0.3, -0.25) is 0 Å². The molecule has 0 spiro atoms. The fourth-order valence-electron chi connectivity index (χ4n) is 1.30. The Balaban J connectivity index is 2.81. The number of carboxylic acids is 1. The third-order valence-corrected chi connectivity index (χ3v) is 2.12. The molecule has 0 saturated heterocycles. The average Bonchev–Trinajstić information content (AvgIpc) is 2.54. The molecule has 6 heteroatoms. The molecule has 2 rings (SSSR count). The van der Waals surface area contributed by atoms with Gasteiger partial charge in [-0.1, -0.05) is 0 Å². The molecule has 1 aromatic carbocycles. The summed E-state index contributed by atoms with van der Waals surface area (Å²) in [5.74, 6) is -1.15. The maximum absolute atomic E-state index is 10.8. The van der Waals surface area contributed by atoms with Gasteiger partial charge in [0.2, 0.25) is 5.28 Å². The van der Waals surface area contributed by atoms with E-state index >= 15 is 0 Å². The second-order valence-corrected chi connectivity index (χ2v) is 3.22. The minimum Gasteiger partial charge on any atom is -0.478 e. The minimum absolute atomic E-state index is 0.0645. The largest absolute Gasteiger partial charge is 0.478 e. The van der Waals surface area contributed by atoms with Gasteiger partial charge < -0.3 is 10.1 Å². The van der Waals surface area contributed by atoms with Gasteiger partial charge in [0, 0.05) is 0 Å². The number of carboxylic acid groups (broad SMARTS) is 1. The summed E-state index contributed by atoms with van der Waals surface area (Å²) < 4.78 is 0. The van der Waals surface area contributed by atoms with Crippen molar-refractivity contribution >= 4 is 28.6 Å². The Kier molecular flexibility index (Phi) is 2.06. The van der Waals surface area contributed by atoms with Crippen LogP contribution in [0.1, 0.15) is 15.9 Å². The van der Waals surface area contributed by atoms with Crippen molar-refractivity contribution in [3.63, 3.8) is 0 Å². The first-order valence-corrected chi connectivity index (χ1v) is 4.32. The summed E-state index contributed by atoms with van der Waals surface area (Å²) in [6.45, 7) is 0. The highest BCUT2D eigenvalue weighted by molar-refractivity contribution is 6.29. The second-order valence-electron chi connectivity index (χ2n) is 2.86. The van der Waals surface area contributed by atoms with Crippen molar-refractivity contribution in [2.75, 3.05) is 0 Å². The lowest BCUT2D eigenvalue weighted by molar-refractivity contribution is 0.0696. The van der Waals surface area contributed by atoms with Crippen LogP contribution in [0.3, 0.4) is 0 Å². The molecular weight excluding hydrogens is 218 g/mol. The SMILES string of the molecule is N#Cc1cc2nc(Cl)[nH]c2cc1C(=O)O. The van der Waals surface area contributed by atoms with E-state index in [9.17, 15) is 4.79 Å². The van der Waals surface area contributed by atoms with E-state index in [4.69, 9.17) is 22.0 Å². The zero-order valence-electron chi connectivity index (χ0n) is 7.28. The number of imidazole rings is 1. The molecule has 0 saturated carbocycles. The number of fused-ring (bicyclic) bond motifs is 1. The molecule has 0 radical (unpaired) electrons. The first-order chi connectivity index (χ1) is 7.11. The van der Waals surface area contributed by atoms with Crippen LogP contribution in [0.4, 0.5) is 0 Å². The average molecular weight is 222 g/mol. The van der Waals surface area contributed by atoms with Crippen molar-refractivity contribution in [3.05, 3.63) is 28.5 Å². The van der Waals surface area contributed by atoms with E-state index in [0.29, 0.717) is 11.0 Å². The molecule has 0 atom stereocenters. The van der Waals surface area contributed by atoms with E-state index in [0.717, 1.165) is 0 Å². The number of rotatable bonds is 1. The van der Waals surface area contributed by atoms with E-state index in [1.54, 1.807) is 6.07 Å². The van der Waals surface area contributed by atoms with Gasteiger partial charge in [0.15, 0.2) is 0 Å². The Bertz CT molecular complexity index is 597. The van der Waals surface area contributed by atoms with Gasteiger partial charge in [0.05, 0.1) is 22.2 Å². The summed E-state index contributed by atoms with van der Waals surface area (Å²) in [6, 6.07) is 4.53. The first-order valence-electron chi connectivity index (χ1n) is 3.94. The van der Waals surface area contributed by atoms with Crippen molar-refractivity contribution in [2.45, 2.75) is 0 Å². The Morgan fingerprint density at radius 2 is 2.33 bits per heavy atom. The number of aromatic nitrogens is 2. The fourth-order valence-corrected chi connectivity index (χ4v) is 1.49. The van der Waals surface area contributed by atoms with Crippen molar-refractivity contribution < 1.29 is 9.90 Å². The monoisotopic (exact) mass is 221 g/mol. The van der Waals surface area contributed by atoms with Gasteiger partial charge in [0.1, 0.15) is 6.07 Å². The van der Waals surface area contributed by atoms with Crippen LogP contribution in [0.5, 0.6) is 0 Å². The standard InChI is InChI=1S/C9H4ClN3O2/c10-9-12-6-1-4(3-11)5(8(14)15)2-7(6)13-9/h1-2H,(H,12,13)(H,14,15). The lowest BCUT2D eigenvalue weighted by atomic mass is 10.1. The Hall–Kier alpha value is -2.06. The van der Waals surface area contributed by atoms with Crippen LogP contribution in [0, 0.1) is 11.3 Å². The molecule has 0 amide bonds. The number of nitrogens with one attached hydrogen (secondary N) is 1. The Labute approximate surface area is 88.9 Å². The number of nitriles is 1. The van der Waals surface area contributed by atoms with Gasteiger partial charge in [-0.25, -0.2) is 9.78 Å². The molecule has 2 N–H and O–H groups in total. The summed E-state index contributed by atoms with van der Waals surface area (Å²) >= 11 is 5.61. The van der Waals surface area contributed by atoms with Crippen molar-refractivity contribution in [1.82, 2.24) is 9.97 Å². The quantitative estimate of drug-likeness (QED) is 0.768. The Morgan fingerprint density at radius 3 is 2.93 bits per heavy atom. The van der Waals surface area contributed by atoms with Gasteiger partial charge in [-0.2, -0.15) is 5.26 Å². The van der Waals surface area contributed by atoms with Gasteiger partial charge in [-0.05, 0) is 23.7 Å². The summed E-state index contributed by atoms with van der Waals surface area (Å²) in [7, 11) is 0. The number of carbonyl (C=O) groups is 1. The predicted molar refractivity (Wildman–Crippen MR) is 52.8 cm³/mol. The van der Waals surface area contributed by atoms with Crippen molar-refractivity contribution in [2.24, 2.45) is 0 Å². The normalized spacial score (nSPS) is 10.1. The number of aromatic carboxylic acids is 1. The van der Waals surface area contributed by atoms with Gasteiger partial charge in [-0.15, -0.1) is 0 Å². The molecular formula is C9H4ClN3O2. The minimum atomic E-state index is -1.15. The van der Waals surface area contributed by atoms with Crippen molar-refractivity contribution in [3.8, 4) is 6.07 Å². The second kappa shape index (κ2) is 3.26. The summed E-state index contributed by atoms with van der Waals surface area (Å²) in [6.07, 6.45) is 0. The maximum atomic E-state index is 10.8. The third kappa shape index (κ3) is 1.51. The topological polar surface area (TPSA) is 89.8 Å². The zero-order valence-corrected chi connectivity index (χ0v) is 8.04. The van der Waals surface area contributed by atoms with Crippen LogP contribution in [-0.4, -0.2) is 21.0 Å². The number of hydrogen-bond donors (Lipinski definition) is 2. The van der Waals surface area contributed by atoms with Crippen LogP contribution in [0.15, 0.2) is 12.1 Å². The highest BCUT2D eigenvalue weighted by atomic mass is 35.5. The van der Waals surface area contributed by atoms with Gasteiger partial charge >= 0.3 is 5.97 Å². The number of hydrogen-bond acceptors (Lipinski definition) is 3. The fraction of sp³-hybridized carbons (Fsp3) is 0. The summed E-state index contributed by atoms with van der Waals surface area (Å²) in [4.78, 5) is 17.4. The molecule has 1 aromatic heterocycles. The highest BCUT2D eigenvalue weighted by Crippen LogP contribution is 2.19. The summed E-state index contributed by atoms with van der Waals surface area (Å²) in [5, 5.41) is 17.8. The Morgan fingerprint density at radius 1 is 1.60 bits per heavy atom. The van der Waals surface area contributed by atoms with E-state index in [2.05, 4.69) is 9.97 Å². The molecule has 0 aliphatic heterocycles. The van der Waals surface area contributed by atoms with E-state index in [1.165, 1.54) is 12.1 Å². The molecule has 0 aliphatic carbocycles. The van der Waals surface area contributed by atoms with Crippen LogP contribution in [0.2, 0.25) is 5.28 Å². The molecule has 0 fully saturated rings. The first kappa shape index (κ1) is 9.49. The molecule has 74 valence electrons. The molecule has 5 nitrogen and oxygen atoms in total. The van der Waals surface area contributed by atoms with Crippen molar-refractivity contribution in [1.29, 1.82) is 5.26 Å². The summed E-state index contributed by atoms with van der Waals surface area (Å²) in [5.41, 5.74) is 0.974. The highest BCUT2D eigenvalue weighted by Gasteiger charge is 2.13. The van der Waals surface area contributed by atoms with Crippen LogP contribution in [-0.2, 0) is 0 Å². The van der Waals surface area contributed by atoms with E-state index < -0.39 is 5.97 Å². The smallest absolute Gasteiger partial charge is 0.337 e. The van der Waals surface area contributed by atoms with E-state index in [-0.39, 0.29) is 16.4 Å². The molecule has 15 heavy (non-hydrogen) atoms. The molecule has 0 unspecified atom stereocenters. The van der Waals surface area contributed by atoms with Crippen LogP contribution >= 0.6 is 11.6 Å². The zero-order chi connectivity index (χ0) is 11.0. The van der Waals surface area contributed by atoms with Crippen LogP contribution in [0.25, 0.3) is 11.0 Å². The molecule has 0 aliphatic rings. The molecule has 2 aromatic rings. The lowest BCUT2D eigenvalue weighted by Crippen LogP contribution is -1.99. The number of H-pyrrole nitrogens is 1. The third-order valence-electron chi connectivity index (χ3n) is 1.94.